The number of amides is 2. The maximum atomic E-state index is 12.8. The Morgan fingerprint density at radius 3 is 2.76 bits per heavy atom. The highest BCUT2D eigenvalue weighted by Gasteiger charge is 2.32. The van der Waals surface area contributed by atoms with Gasteiger partial charge >= 0.3 is 0 Å². The van der Waals surface area contributed by atoms with Gasteiger partial charge in [0.05, 0.1) is 18.8 Å². The summed E-state index contributed by atoms with van der Waals surface area (Å²) in [7, 11) is 5.29. The van der Waals surface area contributed by atoms with Crippen molar-refractivity contribution >= 4 is 17.6 Å². The van der Waals surface area contributed by atoms with Gasteiger partial charge in [0, 0.05) is 58.6 Å². The Hall–Kier alpha value is -2.22. The Morgan fingerprint density at radius 2 is 2.07 bits per heavy atom. The summed E-state index contributed by atoms with van der Waals surface area (Å²) >= 11 is 0. The maximum Gasteiger partial charge on any atom is 0.225 e. The molecule has 0 aromatic carbocycles. The third-order valence-electron chi connectivity index (χ3n) is 5.96. The molecule has 8 heteroatoms. The van der Waals surface area contributed by atoms with Crippen LogP contribution in [-0.2, 0) is 20.9 Å². The lowest BCUT2D eigenvalue weighted by molar-refractivity contribution is -0.135. The van der Waals surface area contributed by atoms with Crippen molar-refractivity contribution in [3.05, 3.63) is 17.6 Å². The first-order valence-corrected chi connectivity index (χ1v) is 10.6. The summed E-state index contributed by atoms with van der Waals surface area (Å²) in [5.41, 5.74) is 0.853. The van der Waals surface area contributed by atoms with Gasteiger partial charge in [-0.25, -0.2) is 9.97 Å². The standard InChI is InChI=1S/C21H33N5O3/c1-22-18-12-17(16-11-20(27)26(13-16)9-10-29-3)23-19(24-18)14-25(2)21(28)15-7-5-4-6-8-15/h12,15-16H,4-11,13-14H2,1-3H3,(H,22,23,24). The molecule has 2 amide bonds. The van der Waals surface area contributed by atoms with Crippen molar-refractivity contribution in [2.75, 3.05) is 46.2 Å². The van der Waals surface area contributed by atoms with E-state index in [9.17, 15) is 9.59 Å². The number of nitrogens with zero attached hydrogens (tertiary/aromatic N) is 4. The fraction of sp³-hybridized carbons (Fsp3) is 0.714. The van der Waals surface area contributed by atoms with E-state index < -0.39 is 0 Å². The second-order valence-electron chi connectivity index (χ2n) is 8.11. The van der Waals surface area contributed by atoms with Crippen molar-refractivity contribution in [2.45, 2.75) is 51.0 Å². The molecule has 2 heterocycles. The Bertz CT molecular complexity index is 720. The lowest BCUT2D eigenvalue weighted by Gasteiger charge is -2.26. The van der Waals surface area contributed by atoms with E-state index in [1.807, 2.05) is 25.1 Å². The molecule has 3 rings (SSSR count). The van der Waals surface area contributed by atoms with Gasteiger partial charge in [-0.1, -0.05) is 19.3 Å². The molecule has 1 aromatic heterocycles. The summed E-state index contributed by atoms with van der Waals surface area (Å²) in [5, 5.41) is 3.08. The molecule has 8 nitrogen and oxygen atoms in total. The number of hydrogen-bond donors (Lipinski definition) is 1. The summed E-state index contributed by atoms with van der Waals surface area (Å²) in [4.78, 5) is 37.9. The van der Waals surface area contributed by atoms with Crippen LogP contribution in [0.3, 0.4) is 0 Å². The van der Waals surface area contributed by atoms with E-state index in [-0.39, 0.29) is 23.7 Å². The molecule has 2 aliphatic rings. The highest BCUT2D eigenvalue weighted by molar-refractivity contribution is 5.80. The van der Waals surface area contributed by atoms with Crippen molar-refractivity contribution in [3.63, 3.8) is 0 Å². The highest BCUT2D eigenvalue weighted by atomic mass is 16.5. The van der Waals surface area contributed by atoms with Crippen molar-refractivity contribution < 1.29 is 14.3 Å². The fourth-order valence-electron chi connectivity index (χ4n) is 4.26. The van der Waals surface area contributed by atoms with Gasteiger partial charge in [-0.3, -0.25) is 9.59 Å². The molecule has 1 aliphatic heterocycles. The second kappa shape index (κ2) is 10.0. The van der Waals surface area contributed by atoms with Crippen LogP contribution in [0.1, 0.15) is 56.0 Å². The van der Waals surface area contributed by atoms with E-state index in [0.717, 1.165) is 31.4 Å². The number of ether oxygens (including phenoxy) is 1. The minimum Gasteiger partial charge on any atom is -0.383 e. The summed E-state index contributed by atoms with van der Waals surface area (Å²) < 4.78 is 5.10. The number of carbonyl (C=O) groups is 2. The number of anilines is 1. The molecule has 1 unspecified atom stereocenters. The summed E-state index contributed by atoms with van der Waals surface area (Å²) in [6, 6.07) is 1.91. The van der Waals surface area contributed by atoms with Crippen LogP contribution < -0.4 is 5.32 Å². The quantitative estimate of drug-likeness (QED) is 0.715. The van der Waals surface area contributed by atoms with Crippen LogP contribution >= 0.6 is 0 Å². The lowest BCUT2D eigenvalue weighted by Crippen LogP contribution is -2.34. The third-order valence-corrected chi connectivity index (χ3v) is 5.96. The molecule has 1 saturated carbocycles. The first-order valence-electron chi connectivity index (χ1n) is 10.6. The van der Waals surface area contributed by atoms with Crippen molar-refractivity contribution in [1.82, 2.24) is 19.8 Å². The molecule has 160 valence electrons. The van der Waals surface area contributed by atoms with E-state index >= 15 is 0 Å². The average Bonchev–Trinajstić information content (AvgIpc) is 3.12. The zero-order valence-corrected chi connectivity index (χ0v) is 17.8. The first-order chi connectivity index (χ1) is 14.0. The van der Waals surface area contributed by atoms with Gasteiger partial charge in [0.2, 0.25) is 11.8 Å². The van der Waals surface area contributed by atoms with Crippen LogP contribution in [-0.4, -0.2) is 72.5 Å². The average molecular weight is 404 g/mol. The van der Waals surface area contributed by atoms with Gasteiger partial charge < -0.3 is 19.9 Å². The molecule has 1 atom stereocenters. The number of rotatable bonds is 8. The van der Waals surface area contributed by atoms with Crippen LogP contribution in [0.25, 0.3) is 0 Å². The molecule has 1 saturated heterocycles. The van der Waals surface area contributed by atoms with Gasteiger partial charge in [0.15, 0.2) is 0 Å². The van der Waals surface area contributed by atoms with E-state index in [1.54, 1.807) is 12.0 Å². The van der Waals surface area contributed by atoms with Crippen LogP contribution in [0.4, 0.5) is 5.82 Å². The van der Waals surface area contributed by atoms with Crippen molar-refractivity contribution in [1.29, 1.82) is 0 Å². The van der Waals surface area contributed by atoms with Crippen molar-refractivity contribution in [2.24, 2.45) is 5.92 Å². The number of likely N-dealkylation sites (tertiary alicyclic amines) is 1. The summed E-state index contributed by atoms with van der Waals surface area (Å²) in [5.74, 6) is 1.80. The van der Waals surface area contributed by atoms with Crippen molar-refractivity contribution in [3.8, 4) is 0 Å². The third kappa shape index (κ3) is 5.44. The molecule has 1 aliphatic carbocycles. The molecular weight excluding hydrogens is 370 g/mol. The largest absolute Gasteiger partial charge is 0.383 e. The molecule has 1 aromatic rings. The van der Waals surface area contributed by atoms with E-state index in [2.05, 4.69) is 10.3 Å². The fourth-order valence-corrected chi connectivity index (χ4v) is 4.26. The van der Waals surface area contributed by atoms with Gasteiger partial charge in [-0.05, 0) is 12.8 Å². The zero-order valence-electron chi connectivity index (χ0n) is 17.8. The molecule has 0 spiro atoms. The molecule has 0 bridgehead atoms. The maximum absolute atomic E-state index is 12.8. The Labute approximate surface area is 173 Å². The molecular formula is C21H33N5O3. The second-order valence-corrected chi connectivity index (χ2v) is 8.11. The number of nitrogens with one attached hydrogen (secondary N) is 1. The Morgan fingerprint density at radius 1 is 1.31 bits per heavy atom. The minimum absolute atomic E-state index is 0.0348. The van der Waals surface area contributed by atoms with E-state index in [4.69, 9.17) is 9.72 Å². The number of aromatic nitrogens is 2. The van der Waals surface area contributed by atoms with E-state index in [0.29, 0.717) is 44.3 Å². The Balaban J connectivity index is 1.70. The smallest absolute Gasteiger partial charge is 0.225 e. The first kappa shape index (κ1) is 21.5. The van der Waals surface area contributed by atoms with E-state index in [1.165, 1.54) is 6.42 Å². The zero-order chi connectivity index (χ0) is 20.8. The number of hydrogen-bond acceptors (Lipinski definition) is 6. The summed E-state index contributed by atoms with van der Waals surface area (Å²) in [6.45, 7) is 2.15. The van der Waals surface area contributed by atoms with Gasteiger partial charge in [-0.15, -0.1) is 0 Å². The predicted octanol–water partition coefficient (Wildman–Crippen LogP) is 2.02. The van der Waals surface area contributed by atoms with Crippen LogP contribution in [0.15, 0.2) is 6.07 Å². The minimum atomic E-state index is 0.0348. The molecule has 2 fully saturated rings. The Kier molecular flexibility index (Phi) is 7.41. The van der Waals surface area contributed by atoms with Gasteiger partial charge in [-0.2, -0.15) is 0 Å². The van der Waals surface area contributed by atoms with Gasteiger partial charge in [0.25, 0.3) is 0 Å². The van der Waals surface area contributed by atoms with Crippen LogP contribution in [0.2, 0.25) is 0 Å². The lowest BCUT2D eigenvalue weighted by atomic mass is 9.88. The highest BCUT2D eigenvalue weighted by Crippen LogP contribution is 2.29. The number of carbonyl (C=O) groups excluding carboxylic acids is 2. The van der Waals surface area contributed by atoms with Gasteiger partial charge in [0.1, 0.15) is 11.6 Å². The summed E-state index contributed by atoms with van der Waals surface area (Å²) in [6.07, 6.45) is 5.90. The molecule has 1 N–H and O–H groups in total. The normalized spacial score (nSPS) is 20.2. The molecule has 0 radical (unpaired) electrons. The topological polar surface area (TPSA) is 87.7 Å². The molecule has 29 heavy (non-hydrogen) atoms. The van der Waals surface area contributed by atoms with Crippen LogP contribution in [0, 0.1) is 5.92 Å². The number of methoxy groups -OCH3 is 1. The predicted molar refractivity (Wildman–Crippen MR) is 110 cm³/mol. The van der Waals surface area contributed by atoms with Crippen LogP contribution in [0.5, 0.6) is 0 Å². The SMILES string of the molecule is CNc1cc(C2CC(=O)N(CCOC)C2)nc(CN(C)C(=O)C2CCCCC2)n1. The monoisotopic (exact) mass is 403 g/mol.